The molecular formula is C18H19N3O. The first kappa shape index (κ1) is 14.5. The molecule has 1 fully saturated rings. The Balaban J connectivity index is 1.77. The first-order valence-corrected chi connectivity index (χ1v) is 7.77. The highest BCUT2D eigenvalue weighted by molar-refractivity contribution is 5.88. The standard InChI is InChI=1S/C18H19N3O/c19-13-18(9-2-1-3-10-18)21-16(22)12-15-7-4-6-14-8-5-11-20-17(14)15/h4-8,11H,1-3,9-10,12H2,(H,21,22). The minimum atomic E-state index is -0.673. The van der Waals surface area contributed by atoms with Crippen LogP contribution in [0.2, 0.25) is 0 Å². The predicted molar refractivity (Wildman–Crippen MR) is 85.0 cm³/mol. The highest BCUT2D eigenvalue weighted by Crippen LogP contribution is 2.27. The summed E-state index contributed by atoms with van der Waals surface area (Å²) in [6.07, 6.45) is 6.66. The summed E-state index contributed by atoms with van der Waals surface area (Å²) in [5.74, 6) is -0.0957. The number of hydrogen-bond donors (Lipinski definition) is 1. The molecule has 4 nitrogen and oxygen atoms in total. The second-order valence-corrected chi connectivity index (χ2v) is 5.97. The summed E-state index contributed by atoms with van der Waals surface area (Å²) in [5.41, 5.74) is 1.09. The second-order valence-electron chi connectivity index (χ2n) is 5.97. The molecule has 0 spiro atoms. The van der Waals surface area contributed by atoms with Gasteiger partial charge >= 0.3 is 0 Å². The third kappa shape index (κ3) is 2.94. The van der Waals surface area contributed by atoms with E-state index in [0.29, 0.717) is 0 Å². The number of nitrogens with one attached hydrogen (secondary N) is 1. The maximum absolute atomic E-state index is 12.4. The monoisotopic (exact) mass is 293 g/mol. The molecule has 0 unspecified atom stereocenters. The van der Waals surface area contributed by atoms with Gasteiger partial charge in [-0.2, -0.15) is 5.26 Å². The van der Waals surface area contributed by atoms with Gasteiger partial charge in [0.2, 0.25) is 5.91 Å². The number of carbonyl (C=O) groups is 1. The van der Waals surface area contributed by atoms with Crippen molar-refractivity contribution in [2.75, 3.05) is 0 Å². The van der Waals surface area contributed by atoms with Crippen molar-refractivity contribution in [3.05, 3.63) is 42.1 Å². The molecule has 4 heteroatoms. The summed E-state index contributed by atoms with van der Waals surface area (Å²) in [5, 5.41) is 13.4. The number of fused-ring (bicyclic) bond motifs is 1. The van der Waals surface area contributed by atoms with E-state index in [2.05, 4.69) is 16.4 Å². The molecule has 1 aromatic carbocycles. The van der Waals surface area contributed by atoms with Crippen molar-refractivity contribution in [1.29, 1.82) is 5.26 Å². The average molecular weight is 293 g/mol. The minimum Gasteiger partial charge on any atom is -0.338 e. The number of rotatable bonds is 3. The van der Waals surface area contributed by atoms with Crippen molar-refractivity contribution in [3.8, 4) is 6.07 Å². The number of hydrogen-bond acceptors (Lipinski definition) is 3. The van der Waals surface area contributed by atoms with Crippen LogP contribution in [0.5, 0.6) is 0 Å². The minimum absolute atomic E-state index is 0.0957. The maximum Gasteiger partial charge on any atom is 0.225 e. The summed E-state index contributed by atoms with van der Waals surface area (Å²) in [6, 6.07) is 12.1. The zero-order valence-corrected chi connectivity index (χ0v) is 12.5. The van der Waals surface area contributed by atoms with E-state index in [9.17, 15) is 10.1 Å². The van der Waals surface area contributed by atoms with E-state index in [4.69, 9.17) is 0 Å². The van der Waals surface area contributed by atoms with Gasteiger partial charge in [0, 0.05) is 11.6 Å². The summed E-state index contributed by atoms with van der Waals surface area (Å²) in [4.78, 5) is 16.8. The van der Waals surface area contributed by atoms with Gasteiger partial charge in [-0.1, -0.05) is 43.5 Å². The average Bonchev–Trinajstić information content (AvgIpc) is 2.56. The molecular weight excluding hydrogens is 274 g/mol. The number of nitrogens with zero attached hydrogens (tertiary/aromatic N) is 2. The topological polar surface area (TPSA) is 65.8 Å². The van der Waals surface area contributed by atoms with Crippen LogP contribution in [-0.2, 0) is 11.2 Å². The van der Waals surface area contributed by atoms with Crippen molar-refractivity contribution < 1.29 is 4.79 Å². The Bertz CT molecular complexity index is 721. The lowest BCUT2D eigenvalue weighted by atomic mass is 9.82. The lowest BCUT2D eigenvalue weighted by molar-refractivity contribution is -0.122. The zero-order chi connectivity index (χ0) is 15.4. The van der Waals surface area contributed by atoms with E-state index in [1.165, 1.54) is 0 Å². The van der Waals surface area contributed by atoms with Crippen LogP contribution in [0.3, 0.4) is 0 Å². The first-order chi connectivity index (χ1) is 10.7. The van der Waals surface area contributed by atoms with Crippen LogP contribution in [0, 0.1) is 11.3 Å². The lowest BCUT2D eigenvalue weighted by Gasteiger charge is -2.31. The van der Waals surface area contributed by atoms with Gasteiger partial charge in [-0.3, -0.25) is 9.78 Å². The Labute approximate surface area is 130 Å². The fraction of sp³-hybridized carbons (Fsp3) is 0.389. The summed E-state index contributed by atoms with van der Waals surface area (Å²) >= 11 is 0. The molecule has 1 aliphatic carbocycles. The molecule has 3 rings (SSSR count). The molecule has 1 saturated carbocycles. The lowest BCUT2D eigenvalue weighted by Crippen LogP contribution is -2.49. The number of aromatic nitrogens is 1. The molecule has 22 heavy (non-hydrogen) atoms. The van der Waals surface area contributed by atoms with Crippen molar-refractivity contribution in [2.45, 2.75) is 44.1 Å². The van der Waals surface area contributed by atoms with Gasteiger partial charge in [0.15, 0.2) is 0 Å². The van der Waals surface area contributed by atoms with Crippen LogP contribution in [0.15, 0.2) is 36.5 Å². The summed E-state index contributed by atoms with van der Waals surface area (Å²) < 4.78 is 0. The molecule has 1 aromatic heterocycles. The van der Waals surface area contributed by atoms with Gasteiger partial charge in [-0.05, 0) is 24.5 Å². The van der Waals surface area contributed by atoms with Gasteiger partial charge in [0.25, 0.3) is 0 Å². The summed E-state index contributed by atoms with van der Waals surface area (Å²) in [7, 11) is 0. The number of nitriles is 1. The number of pyridine rings is 1. The molecule has 1 N–H and O–H groups in total. The van der Waals surface area contributed by atoms with Gasteiger partial charge in [-0.15, -0.1) is 0 Å². The Hall–Kier alpha value is -2.41. The van der Waals surface area contributed by atoms with Gasteiger partial charge < -0.3 is 5.32 Å². The molecule has 1 heterocycles. The van der Waals surface area contributed by atoms with E-state index in [0.717, 1.165) is 48.6 Å². The molecule has 0 radical (unpaired) electrons. The smallest absolute Gasteiger partial charge is 0.225 e. The summed E-state index contributed by atoms with van der Waals surface area (Å²) in [6.45, 7) is 0. The van der Waals surface area contributed by atoms with Gasteiger partial charge in [-0.25, -0.2) is 0 Å². The third-order valence-corrected chi connectivity index (χ3v) is 4.37. The third-order valence-electron chi connectivity index (χ3n) is 4.37. The fourth-order valence-corrected chi connectivity index (χ4v) is 3.21. The number of amides is 1. The molecule has 1 aliphatic rings. The van der Waals surface area contributed by atoms with Crippen LogP contribution in [0.4, 0.5) is 0 Å². The Kier molecular flexibility index (Phi) is 4.06. The molecule has 0 saturated heterocycles. The zero-order valence-electron chi connectivity index (χ0n) is 12.5. The molecule has 0 aliphatic heterocycles. The first-order valence-electron chi connectivity index (χ1n) is 7.77. The van der Waals surface area contributed by atoms with E-state index < -0.39 is 5.54 Å². The molecule has 2 aromatic rings. The van der Waals surface area contributed by atoms with Crippen LogP contribution >= 0.6 is 0 Å². The number of benzene rings is 1. The SMILES string of the molecule is N#CC1(NC(=O)Cc2cccc3cccnc23)CCCCC1. The van der Waals surface area contributed by atoms with Crippen LogP contribution in [0.1, 0.15) is 37.7 Å². The maximum atomic E-state index is 12.4. The highest BCUT2D eigenvalue weighted by atomic mass is 16.1. The van der Waals surface area contributed by atoms with Crippen molar-refractivity contribution in [3.63, 3.8) is 0 Å². The van der Waals surface area contributed by atoms with Gasteiger partial charge in [0.1, 0.15) is 5.54 Å². The van der Waals surface area contributed by atoms with Crippen molar-refractivity contribution in [1.82, 2.24) is 10.3 Å². The second kappa shape index (κ2) is 6.15. The molecule has 1 amide bonds. The Morgan fingerprint density at radius 3 is 2.77 bits per heavy atom. The highest BCUT2D eigenvalue weighted by Gasteiger charge is 2.33. The van der Waals surface area contributed by atoms with Crippen molar-refractivity contribution >= 4 is 16.8 Å². The van der Waals surface area contributed by atoms with Crippen LogP contribution < -0.4 is 5.32 Å². The van der Waals surface area contributed by atoms with E-state index >= 15 is 0 Å². The molecule has 0 bridgehead atoms. The normalized spacial score (nSPS) is 16.9. The quantitative estimate of drug-likeness (QED) is 0.945. The Morgan fingerprint density at radius 2 is 2.00 bits per heavy atom. The number of carbonyl (C=O) groups excluding carboxylic acids is 1. The molecule has 112 valence electrons. The Morgan fingerprint density at radius 1 is 1.23 bits per heavy atom. The largest absolute Gasteiger partial charge is 0.338 e. The van der Waals surface area contributed by atoms with Crippen LogP contribution in [-0.4, -0.2) is 16.4 Å². The fourth-order valence-electron chi connectivity index (χ4n) is 3.21. The van der Waals surface area contributed by atoms with Gasteiger partial charge in [0.05, 0.1) is 18.0 Å². The van der Waals surface area contributed by atoms with Crippen LogP contribution in [0.25, 0.3) is 10.9 Å². The number of para-hydroxylation sites is 1. The van der Waals surface area contributed by atoms with Crippen molar-refractivity contribution in [2.24, 2.45) is 0 Å². The predicted octanol–water partition coefficient (Wildman–Crippen LogP) is 3.12. The molecule has 0 atom stereocenters. The van der Waals surface area contributed by atoms with E-state index in [1.54, 1.807) is 6.20 Å². The van der Waals surface area contributed by atoms with E-state index in [-0.39, 0.29) is 12.3 Å². The van der Waals surface area contributed by atoms with E-state index in [1.807, 2.05) is 30.3 Å².